The quantitative estimate of drug-likeness (QED) is 0.210. The number of thioether (sulfide) groups is 1. The Labute approximate surface area is 218 Å². The molecule has 1 aromatic heterocycles. The van der Waals surface area contributed by atoms with Gasteiger partial charge in [-0.3, -0.25) is 9.69 Å². The zero-order chi connectivity index (χ0) is 24.2. The Balaban J connectivity index is 1.63. The van der Waals surface area contributed by atoms with Gasteiger partial charge in [-0.15, -0.1) is 5.10 Å². The van der Waals surface area contributed by atoms with Crippen molar-refractivity contribution in [3.8, 4) is 5.75 Å². The fraction of sp³-hybridized carbons (Fsp3) is 0.125. The van der Waals surface area contributed by atoms with Crippen LogP contribution in [0.3, 0.4) is 0 Å². The highest BCUT2D eigenvalue weighted by Gasteiger charge is 2.34. The number of furan rings is 1. The van der Waals surface area contributed by atoms with Gasteiger partial charge in [-0.05, 0) is 75.7 Å². The van der Waals surface area contributed by atoms with Crippen LogP contribution in [-0.4, -0.2) is 41.4 Å². The molecule has 34 heavy (non-hydrogen) atoms. The van der Waals surface area contributed by atoms with Crippen LogP contribution >= 0.6 is 43.6 Å². The van der Waals surface area contributed by atoms with Crippen molar-refractivity contribution >= 4 is 72.7 Å². The summed E-state index contributed by atoms with van der Waals surface area (Å²) in [6, 6.07) is 14.9. The Hall–Kier alpha value is -2.82. The van der Waals surface area contributed by atoms with E-state index in [2.05, 4.69) is 42.1 Å². The second-order valence-electron chi connectivity index (χ2n) is 7.52. The molecule has 1 saturated heterocycles. The zero-order valence-electron chi connectivity index (χ0n) is 18.3. The van der Waals surface area contributed by atoms with Crippen molar-refractivity contribution in [1.82, 2.24) is 4.90 Å². The lowest BCUT2D eigenvalue weighted by Gasteiger charge is -2.12. The van der Waals surface area contributed by atoms with Crippen LogP contribution in [0.4, 0.5) is 5.69 Å². The highest BCUT2D eigenvalue weighted by Crippen LogP contribution is 2.38. The molecule has 0 bridgehead atoms. The fourth-order valence-electron chi connectivity index (χ4n) is 3.12. The molecule has 0 aliphatic carbocycles. The molecule has 0 spiro atoms. The maximum Gasteiger partial charge on any atom is 0.267 e. The summed E-state index contributed by atoms with van der Waals surface area (Å²) < 4.78 is 6.72. The van der Waals surface area contributed by atoms with Crippen LogP contribution in [0.1, 0.15) is 16.9 Å². The number of benzene rings is 2. The van der Waals surface area contributed by atoms with Crippen LogP contribution in [0.15, 0.2) is 83.3 Å². The second kappa shape index (κ2) is 10.6. The first kappa shape index (κ1) is 24.3. The smallest absolute Gasteiger partial charge is 0.267 e. The molecule has 1 fully saturated rings. The molecular formula is C24H20Br2N4O3S. The Bertz CT molecular complexity index is 1290. The van der Waals surface area contributed by atoms with Crippen molar-refractivity contribution in [3.63, 3.8) is 0 Å². The maximum atomic E-state index is 13.2. The molecule has 0 radical (unpaired) electrons. The molecule has 0 unspecified atom stereocenters. The van der Waals surface area contributed by atoms with E-state index in [0.29, 0.717) is 25.9 Å². The Morgan fingerprint density at radius 1 is 1.18 bits per heavy atom. The van der Waals surface area contributed by atoms with Crippen LogP contribution in [0, 0.1) is 0 Å². The number of phenolic OH excluding ortho intramolecular Hbond substituents is 1. The van der Waals surface area contributed by atoms with E-state index in [4.69, 9.17) is 4.42 Å². The van der Waals surface area contributed by atoms with Gasteiger partial charge in [0.15, 0.2) is 5.17 Å². The number of amides is 1. The lowest BCUT2D eigenvalue weighted by molar-refractivity contribution is -0.122. The number of phenols is 1. The van der Waals surface area contributed by atoms with Gasteiger partial charge >= 0.3 is 0 Å². The van der Waals surface area contributed by atoms with Crippen molar-refractivity contribution in [2.45, 2.75) is 6.54 Å². The Kier molecular flexibility index (Phi) is 7.60. The minimum atomic E-state index is -0.249. The number of anilines is 1. The lowest BCUT2D eigenvalue weighted by atomic mass is 10.2. The molecule has 7 nitrogen and oxygen atoms in total. The van der Waals surface area contributed by atoms with Crippen LogP contribution < -0.4 is 4.90 Å². The van der Waals surface area contributed by atoms with Crippen molar-refractivity contribution in [1.29, 1.82) is 0 Å². The molecule has 4 rings (SSSR count). The van der Waals surface area contributed by atoms with Gasteiger partial charge < -0.3 is 14.4 Å². The molecule has 0 atom stereocenters. The summed E-state index contributed by atoms with van der Waals surface area (Å²) in [6.07, 6.45) is 4.84. The van der Waals surface area contributed by atoms with Gasteiger partial charge in [0, 0.05) is 29.8 Å². The molecule has 10 heteroatoms. The molecule has 3 aromatic rings. The van der Waals surface area contributed by atoms with Crippen molar-refractivity contribution in [2.75, 3.05) is 19.0 Å². The molecule has 1 aliphatic heterocycles. The summed E-state index contributed by atoms with van der Waals surface area (Å²) >= 11 is 7.93. The average Bonchev–Trinajstić information content (AvgIpc) is 3.42. The van der Waals surface area contributed by atoms with Gasteiger partial charge in [0.2, 0.25) is 0 Å². The van der Waals surface area contributed by atoms with E-state index in [1.165, 1.54) is 16.7 Å². The van der Waals surface area contributed by atoms with Crippen molar-refractivity contribution in [3.05, 3.63) is 85.5 Å². The minimum Gasteiger partial charge on any atom is -0.506 e. The van der Waals surface area contributed by atoms with Gasteiger partial charge in [-0.2, -0.15) is 5.10 Å². The molecule has 1 amide bonds. The largest absolute Gasteiger partial charge is 0.506 e. The van der Waals surface area contributed by atoms with Crippen molar-refractivity contribution in [2.24, 2.45) is 10.2 Å². The first-order valence-corrected chi connectivity index (χ1v) is 12.5. The van der Waals surface area contributed by atoms with E-state index in [1.807, 2.05) is 43.3 Å². The molecule has 2 aromatic carbocycles. The number of hydrogen-bond donors (Lipinski definition) is 1. The summed E-state index contributed by atoms with van der Waals surface area (Å²) in [5.41, 5.74) is 2.48. The summed E-state index contributed by atoms with van der Waals surface area (Å²) in [4.78, 5) is 17.2. The number of carbonyl (C=O) groups excluding carboxylic acids is 1. The van der Waals surface area contributed by atoms with E-state index in [9.17, 15) is 9.90 Å². The first-order chi connectivity index (χ1) is 16.3. The van der Waals surface area contributed by atoms with E-state index in [-0.39, 0.29) is 18.2 Å². The molecule has 1 N–H and O–H groups in total. The van der Waals surface area contributed by atoms with Gasteiger partial charge in [0.1, 0.15) is 11.5 Å². The third kappa shape index (κ3) is 5.63. The number of carbonyl (C=O) groups is 1. The number of nitrogens with zero attached hydrogens (tertiary/aromatic N) is 4. The molecule has 2 heterocycles. The highest BCUT2D eigenvalue weighted by molar-refractivity contribution is 9.11. The average molecular weight is 604 g/mol. The summed E-state index contributed by atoms with van der Waals surface area (Å²) in [5.74, 6) is 0.423. The summed E-state index contributed by atoms with van der Waals surface area (Å²) in [5, 5.41) is 19.4. The van der Waals surface area contributed by atoms with E-state index < -0.39 is 0 Å². The Morgan fingerprint density at radius 3 is 2.62 bits per heavy atom. The fourth-order valence-corrected chi connectivity index (χ4v) is 5.30. The number of aromatic hydroxyl groups is 1. The standard InChI is InChI=1S/C24H20Br2N4O3S/c1-29(2)18-7-5-15(6-8-18)13-27-28-24-30(14-19-4-3-9-33-19)23(32)21(34-24)11-16-10-17(25)12-20(26)22(16)31/h3-13,31H,14H2,1-2H3/b21-11-,27-13-,28-24+. The summed E-state index contributed by atoms with van der Waals surface area (Å²) in [6.45, 7) is 0.218. The SMILES string of the molecule is CN(C)c1ccc(/C=N\N=C2\S/C(=C\c3cc(Br)cc(Br)c3O)C(=O)N2Cc2ccco2)cc1. The van der Waals surface area contributed by atoms with Gasteiger partial charge in [-0.1, -0.05) is 28.1 Å². The monoisotopic (exact) mass is 602 g/mol. The predicted molar refractivity (Wildman–Crippen MR) is 144 cm³/mol. The van der Waals surface area contributed by atoms with Crippen molar-refractivity contribution < 1.29 is 14.3 Å². The number of hydrogen-bond acceptors (Lipinski definition) is 7. The number of rotatable bonds is 6. The van der Waals surface area contributed by atoms with Gasteiger partial charge in [0.25, 0.3) is 5.91 Å². The van der Waals surface area contributed by atoms with Crippen LogP contribution in [0.2, 0.25) is 0 Å². The Morgan fingerprint density at radius 2 is 1.94 bits per heavy atom. The topological polar surface area (TPSA) is 81.6 Å². The molecule has 0 saturated carbocycles. The van der Waals surface area contributed by atoms with E-state index >= 15 is 0 Å². The van der Waals surface area contributed by atoms with Crippen LogP contribution in [0.5, 0.6) is 5.75 Å². The van der Waals surface area contributed by atoms with E-state index in [0.717, 1.165) is 15.7 Å². The molecular weight excluding hydrogens is 584 g/mol. The first-order valence-electron chi connectivity index (χ1n) is 10.1. The van der Waals surface area contributed by atoms with Crippen LogP contribution in [-0.2, 0) is 11.3 Å². The molecule has 1 aliphatic rings. The number of amidine groups is 1. The zero-order valence-corrected chi connectivity index (χ0v) is 22.3. The molecule has 174 valence electrons. The normalized spacial score (nSPS) is 16.4. The van der Waals surface area contributed by atoms with E-state index in [1.54, 1.807) is 42.8 Å². The van der Waals surface area contributed by atoms with Gasteiger partial charge in [-0.25, -0.2) is 0 Å². The maximum absolute atomic E-state index is 13.2. The number of halogens is 2. The third-order valence-corrected chi connectivity index (χ3v) is 6.95. The predicted octanol–water partition coefficient (Wildman–Crippen LogP) is 6.08. The van der Waals surface area contributed by atoms with Crippen LogP contribution in [0.25, 0.3) is 6.08 Å². The minimum absolute atomic E-state index is 0.0475. The second-order valence-corrected chi connectivity index (χ2v) is 10.3. The summed E-state index contributed by atoms with van der Waals surface area (Å²) in [7, 11) is 3.96. The third-order valence-electron chi connectivity index (χ3n) is 4.89. The lowest BCUT2D eigenvalue weighted by Crippen LogP contribution is -2.28. The highest BCUT2D eigenvalue weighted by atomic mass is 79.9. The van der Waals surface area contributed by atoms with Gasteiger partial charge in [0.05, 0.1) is 28.4 Å².